The fraction of sp³-hybridized carbons (Fsp3) is 0.957. The van der Waals surface area contributed by atoms with Crippen LogP contribution in [0.4, 0.5) is 0 Å². The van der Waals surface area contributed by atoms with Crippen LogP contribution < -0.4 is 0 Å². The SMILES string of the molecule is CC(=O)OCC(O)C(O)(CO)[C@@H]1C[C@H]2[C@@](C)(CC[C@H]3C(C)(C)CCC[C@@]32C)C1. The van der Waals surface area contributed by atoms with E-state index >= 15 is 0 Å². The highest BCUT2D eigenvalue weighted by atomic mass is 16.5. The number of ether oxygens (including phenoxy) is 1. The van der Waals surface area contributed by atoms with Crippen molar-refractivity contribution < 1.29 is 24.9 Å². The second kappa shape index (κ2) is 7.24. The first-order valence-electron chi connectivity index (χ1n) is 11.0. The summed E-state index contributed by atoms with van der Waals surface area (Å²) in [5.41, 5.74) is -0.936. The molecular weight excluding hydrogens is 356 g/mol. The first kappa shape index (κ1) is 22.0. The Morgan fingerprint density at radius 1 is 1.18 bits per heavy atom. The van der Waals surface area contributed by atoms with Crippen LogP contribution in [0.25, 0.3) is 0 Å². The average Bonchev–Trinajstić information content (AvgIpc) is 2.97. The third kappa shape index (κ3) is 3.41. The Hall–Kier alpha value is -0.650. The lowest BCUT2D eigenvalue weighted by Crippen LogP contribution is -2.54. The van der Waals surface area contributed by atoms with Gasteiger partial charge in [-0.15, -0.1) is 0 Å². The Labute approximate surface area is 169 Å². The molecule has 0 saturated heterocycles. The third-order valence-electron chi connectivity index (χ3n) is 9.13. The molecule has 0 bridgehead atoms. The monoisotopic (exact) mass is 396 g/mol. The summed E-state index contributed by atoms with van der Waals surface area (Å²) in [6.07, 6.45) is 6.44. The van der Waals surface area contributed by atoms with Gasteiger partial charge in [-0.05, 0) is 72.5 Å². The maximum atomic E-state index is 11.3. The highest BCUT2D eigenvalue weighted by Gasteiger charge is 2.63. The summed E-state index contributed by atoms with van der Waals surface area (Å²) in [5.74, 6) is 0.464. The van der Waals surface area contributed by atoms with Gasteiger partial charge >= 0.3 is 5.97 Å². The van der Waals surface area contributed by atoms with Crippen LogP contribution in [0.2, 0.25) is 0 Å². The number of fused-ring (bicyclic) bond motifs is 3. The van der Waals surface area contributed by atoms with Crippen molar-refractivity contribution in [1.82, 2.24) is 0 Å². The van der Waals surface area contributed by atoms with Gasteiger partial charge in [-0.3, -0.25) is 4.79 Å². The molecule has 0 amide bonds. The van der Waals surface area contributed by atoms with Crippen molar-refractivity contribution >= 4 is 5.97 Å². The van der Waals surface area contributed by atoms with E-state index in [0.717, 1.165) is 19.3 Å². The van der Waals surface area contributed by atoms with Crippen LogP contribution in [0.3, 0.4) is 0 Å². The van der Waals surface area contributed by atoms with Gasteiger partial charge in [0.25, 0.3) is 0 Å². The highest BCUT2D eigenvalue weighted by Crippen LogP contribution is 2.70. The van der Waals surface area contributed by atoms with Gasteiger partial charge in [0, 0.05) is 6.92 Å². The lowest BCUT2D eigenvalue weighted by molar-refractivity contribution is -0.170. The molecule has 3 N–H and O–H groups in total. The van der Waals surface area contributed by atoms with Crippen molar-refractivity contribution in [2.75, 3.05) is 13.2 Å². The zero-order chi connectivity index (χ0) is 21.0. The van der Waals surface area contributed by atoms with E-state index in [1.807, 2.05) is 0 Å². The van der Waals surface area contributed by atoms with Crippen LogP contribution in [0.5, 0.6) is 0 Å². The Morgan fingerprint density at radius 2 is 1.86 bits per heavy atom. The van der Waals surface area contributed by atoms with Crippen LogP contribution >= 0.6 is 0 Å². The topological polar surface area (TPSA) is 87.0 Å². The fourth-order valence-electron chi connectivity index (χ4n) is 7.70. The van der Waals surface area contributed by atoms with E-state index in [1.165, 1.54) is 32.6 Å². The minimum atomic E-state index is -1.63. The molecule has 0 aromatic carbocycles. The third-order valence-corrected chi connectivity index (χ3v) is 9.13. The molecule has 3 saturated carbocycles. The lowest BCUT2D eigenvalue weighted by atomic mass is 9.44. The minimum absolute atomic E-state index is 0.119. The normalized spacial score (nSPS) is 42.8. The lowest BCUT2D eigenvalue weighted by Gasteiger charge is -2.61. The van der Waals surface area contributed by atoms with Crippen molar-refractivity contribution in [3.05, 3.63) is 0 Å². The molecule has 162 valence electrons. The molecular formula is C23H40O5. The van der Waals surface area contributed by atoms with E-state index in [2.05, 4.69) is 27.7 Å². The maximum absolute atomic E-state index is 11.3. The quantitative estimate of drug-likeness (QED) is 0.621. The first-order chi connectivity index (χ1) is 12.9. The molecule has 3 fully saturated rings. The zero-order valence-electron chi connectivity index (χ0n) is 18.3. The van der Waals surface area contributed by atoms with Crippen LogP contribution in [-0.2, 0) is 9.53 Å². The summed E-state index contributed by atoms with van der Waals surface area (Å²) in [7, 11) is 0. The molecule has 0 aromatic rings. The Kier molecular flexibility index (Phi) is 5.70. The van der Waals surface area contributed by atoms with Crippen molar-refractivity contribution in [2.24, 2.45) is 34.0 Å². The zero-order valence-corrected chi connectivity index (χ0v) is 18.3. The van der Waals surface area contributed by atoms with Gasteiger partial charge in [-0.1, -0.05) is 34.1 Å². The number of rotatable bonds is 5. The molecule has 28 heavy (non-hydrogen) atoms. The van der Waals surface area contributed by atoms with E-state index in [-0.39, 0.29) is 23.4 Å². The van der Waals surface area contributed by atoms with Crippen LogP contribution in [0, 0.1) is 34.0 Å². The van der Waals surface area contributed by atoms with Crippen molar-refractivity contribution in [3.63, 3.8) is 0 Å². The molecule has 2 unspecified atom stereocenters. The van der Waals surface area contributed by atoms with E-state index in [4.69, 9.17) is 4.74 Å². The van der Waals surface area contributed by atoms with Gasteiger partial charge in [0.2, 0.25) is 0 Å². The molecule has 5 nitrogen and oxygen atoms in total. The number of hydrogen-bond acceptors (Lipinski definition) is 5. The van der Waals surface area contributed by atoms with Crippen LogP contribution in [-0.4, -0.2) is 46.2 Å². The Balaban J connectivity index is 1.85. The second-order valence-corrected chi connectivity index (χ2v) is 11.3. The summed E-state index contributed by atoms with van der Waals surface area (Å²) >= 11 is 0. The van der Waals surface area contributed by atoms with E-state index < -0.39 is 24.3 Å². The largest absolute Gasteiger partial charge is 0.463 e. The fourth-order valence-corrected chi connectivity index (χ4v) is 7.70. The predicted molar refractivity (Wildman–Crippen MR) is 107 cm³/mol. The predicted octanol–water partition coefficient (Wildman–Crippen LogP) is 3.29. The van der Waals surface area contributed by atoms with Gasteiger partial charge in [0.05, 0.1) is 6.61 Å². The van der Waals surface area contributed by atoms with Gasteiger partial charge < -0.3 is 20.1 Å². The summed E-state index contributed by atoms with van der Waals surface area (Å²) in [5, 5.41) is 31.9. The summed E-state index contributed by atoms with van der Waals surface area (Å²) in [6, 6.07) is 0. The summed E-state index contributed by atoms with van der Waals surface area (Å²) in [4.78, 5) is 11.1. The molecule has 0 aliphatic heterocycles. The van der Waals surface area contributed by atoms with Crippen LogP contribution in [0.1, 0.15) is 79.6 Å². The summed E-state index contributed by atoms with van der Waals surface area (Å²) in [6.45, 7) is 10.1. The van der Waals surface area contributed by atoms with Crippen molar-refractivity contribution in [2.45, 2.75) is 91.3 Å². The standard InChI is InChI=1S/C23H40O5/c1-15(25)28-13-19(26)23(27,14-24)16-11-18-21(4,12-16)10-7-17-20(2,3)8-6-9-22(17,18)5/h16-19,24,26-27H,6-14H2,1-5H3/t16-,17+,18+,19?,21+,22+,23?/m1/s1. The second-order valence-electron chi connectivity index (χ2n) is 11.3. The van der Waals surface area contributed by atoms with Gasteiger partial charge in [-0.25, -0.2) is 0 Å². The first-order valence-corrected chi connectivity index (χ1v) is 11.0. The number of carbonyl (C=O) groups is 1. The maximum Gasteiger partial charge on any atom is 0.302 e. The molecule has 0 heterocycles. The number of aliphatic hydroxyl groups is 3. The summed E-state index contributed by atoms with van der Waals surface area (Å²) < 4.78 is 4.93. The van der Waals surface area contributed by atoms with Gasteiger partial charge in [0.15, 0.2) is 0 Å². The van der Waals surface area contributed by atoms with E-state index in [9.17, 15) is 20.1 Å². The molecule has 3 rings (SSSR count). The van der Waals surface area contributed by atoms with Crippen LogP contribution in [0.15, 0.2) is 0 Å². The van der Waals surface area contributed by atoms with Gasteiger partial charge in [0.1, 0.15) is 18.3 Å². The Bertz CT molecular complexity index is 604. The number of hydrogen-bond donors (Lipinski definition) is 3. The number of esters is 1. The molecule has 3 aliphatic rings. The smallest absolute Gasteiger partial charge is 0.302 e. The molecule has 0 radical (unpaired) electrons. The Morgan fingerprint density at radius 3 is 2.46 bits per heavy atom. The van der Waals surface area contributed by atoms with E-state index in [0.29, 0.717) is 17.3 Å². The average molecular weight is 397 g/mol. The number of aliphatic hydroxyl groups excluding tert-OH is 2. The molecule has 3 aliphatic carbocycles. The van der Waals surface area contributed by atoms with Crippen molar-refractivity contribution in [1.29, 1.82) is 0 Å². The molecule has 5 heteroatoms. The van der Waals surface area contributed by atoms with E-state index in [1.54, 1.807) is 0 Å². The van der Waals surface area contributed by atoms with Crippen molar-refractivity contribution in [3.8, 4) is 0 Å². The minimum Gasteiger partial charge on any atom is -0.463 e. The molecule has 0 spiro atoms. The van der Waals surface area contributed by atoms with Gasteiger partial charge in [-0.2, -0.15) is 0 Å². The molecule has 0 aromatic heterocycles. The molecule has 7 atom stereocenters. The number of carbonyl (C=O) groups excluding carboxylic acids is 1. The highest BCUT2D eigenvalue weighted by molar-refractivity contribution is 5.65.